The number of nitrogens with zero attached hydrogens (tertiary/aromatic N) is 1. The average molecular weight is 286 g/mol. The Balaban J connectivity index is 2.17. The summed E-state index contributed by atoms with van der Waals surface area (Å²) in [6.07, 6.45) is 5.70. The second-order valence-electron chi connectivity index (χ2n) is 5.22. The summed E-state index contributed by atoms with van der Waals surface area (Å²) in [5.74, 6) is 1.47. The van der Waals surface area contributed by atoms with Gasteiger partial charge in [0.25, 0.3) is 0 Å². The van der Waals surface area contributed by atoms with E-state index in [0.29, 0.717) is 13.0 Å². The van der Waals surface area contributed by atoms with Crippen LogP contribution in [0.5, 0.6) is 0 Å². The fourth-order valence-corrected chi connectivity index (χ4v) is 2.59. The van der Waals surface area contributed by atoms with Crippen molar-refractivity contribution in [3.8, 4) is 12.3 Å². The van der Waals surface area contributed by atoms with Gasteiger partial charge in [-0.3, -0.25) is 9.69 Å². The van der Waals surface area contributed by atoms with E-state index in [1.807, 2.05) is 31.2 Å². The first kappa shape index (κ1) is 14.9. The fourth-order valence-electron chi connectivity index (χ4n) is 2.59. The van der Waals surface area contributed by atoms with Crippen molar-refractivity contribution in [1.82, 2.24) is 5.32 Å². The topological polar surface area (TPSA) is 69.6 Å². The third-order valence-corrected chi connectivity index (χ3v) is 3.53. The van der Waals surface area contributed by atoms with E-state index < -0.39 is 5.97 Å². The maximum atomic E-state index is 12.3. The summed E-state index contributed by atoms with van der Waals surface area (Å²) in [6.45, 7) is 2.22. The van der Waals surface area contributed by atoms with E-state index in [4.69, 9.17) is 11.5 Å². The minimum absolute atomic E-state index is 0.0146. The maximum absolute atomic E-state index is 12.3. The zero-order chi connectivity index (χ0) is 15.4. The van der Waals surface area contributed by atoms with E-state index in [2.05, 4.69) is 11.2 Å². The number of para-hydroxylation sites is 1. The number of rotatable bonds is 4. The average Bonchev–Trinajstić information content (AvgIpc) is 2.77. The van der Waals surface area contributed by atoms with Gasteiger partial charge in [-0.2, -0.15) is 0 Å². The number of carboxylic acids is 1. The molecule has 5 heteroatoms. The largest absolute Gasteiger partial charge is 0.481 e. The summed E-state index contributed by atoms with van der Waals surface area (Å²) in [5.41, 5.74) is 1.67. The number of carbonyl (C=O) groups excluding carboxylic acids is 1. The van der Waals surface area contributed by atoms with Crippen LogP contribution >= 0.6 is 0 Å². The van der Waals surface area contributed by atoms with Crippen molar-refractivity contribution in [2.75, 3.05) is 11.4 Å². The summed E-state index contributed by atoms with van der Waals surface area (Å²) in [4.78, 5) is 24.9. The van der Waals surface area contributed by atoms with Gasteiger partial charge in [0, 0.05) is 30.6 Å². The van der Waals surface area contributed by atoms with E-state index in [-0.39, 0.29) is 24.4 Å². The maximum Gasteiger partial charge on any atom is 0.322 e. The number of urea groups is 1. The Hall–Kier alpha value is -2.48. The predicted octanol–water partition coefficient (Wildman–Crippen LogP) is 2.19. The van der Waals surface area contributed by atoms with Crippen molar-refractivity contribution in [2.45, 2.75) is 31.7 Å². The van der Waals surface area contributed by atoms with Crippen LogP contribution in [-0.4, -0.2) is 29.7 Å². The first-order chi connectivity index (χ1) is 10.0. The minimum Gasteiger partial charge on any atom is -0.481 e. The quantitative estimate of drug-likeness (QED) is 0.834. The van der Waals surface area contributed by atoms with Gasteiger partial charge < -0.3 is 10.4 Å². The predicted molar refractivity (Wildman–Crippen MR) is 80.2 cm³/mol. The van der Waals surface area contributed by atoms with Crippen LogP contribution in [0.3, 0.4) is 0 Å². The molecule has 2 amide bonds. The lowest BCUT2D eigenvalue weighted by Crippen LogP contribution is -2.43. The van der Waals surface area contributed by atoms with Crippen LogP contribution in [0.25, 0.3) is 0 Å². The van der Waals surface area contributed by atoms with E-state index in [1.165, 1.54) is 0 Å². The van der Waals surface area contributed by atoms with Crippen molar-refractivity contribution >= 4 is 17.7 Å². The highest BCUT2D eigenvalue weighted by Crippen LogP contribution is 2.37. The Morgan fingerprint density at radius 1 is 1.52 bits per heavy atom. The lowest BCUT2D eigenvalue weighted by Gasteiger charge is -2.21. The first-order valence-corrected chi connectivity index (χ1v) is 6.85. The van der Waals surface area contributed by atoms with E-state index in [0.717, 1.165) is 11.3 Å². The van der Waals surface area contributed by atoms with Crippen LogP contribution in [0.15, 0.2) is 24.3 Å². The highest BCUT2D eigenvalue weighted by Gasteiger charge is 2.33. The van der Waals surface area contributed by atoms with Crippen molar-refractivity contribution in [3.63, 3.8) is 0 Å². The van der Waals surface area contributed by atoms with Gasteiger partial charge in [0.2, 0.25) is 0 Å². The summed E-state index contributed by atoms with van der Waals surface area (Å²) in [6, 6.07) is 7.05. The molecule has 5 nitrogen and oxygen atoms in total. The molecule has 0 bridgehead atoms. The summed E-state index contributed by atoms with van der Waals surface area (Å²) in [7, 11) is 0. The normalized spacial score (nSPS) is 17.7. The Labute approximate surface area is 124 Å². The monoisotopic (exact) mass is 286 g/mol. The van der Waals surface area contributed by atoms with Crippen LogP contribution in [0, 0.1) is 12.3 Å². The molecular weight excluding hydrogens is 268 g/mol. The lowest BCUT2D eigenvalue weighted by atomic mass is 9.98. The Morgan fingerprint density at radius 3 is 2.90 bits per heavy atom. The Morgan fingerprint density at radius 2 is 2.24 bits per heavy atom. The molecule has 2 unspecified atom stereocenters. The van der Waals surface area contributed by atoms with Crippen molar-refractivity contribution in [2.24, 2.45) is 0 Å². The van der Waals surface area contributed by atoms with Gasteiger partial charge in [-0.15, -0.1) is 12.3 Å². The third-order valence-electron chi connectivity index (χ3n) is 3.53. The summed E-state index contributed by atoms with van der Waals surface area (Å²) < 4.78 is 0. The molecule has 0 aliphatic carbocycles. The van der Waals surface area contributed by atoms with Gasteiger partial charge in [0.05, 0.1) is 6.42 Å². The molecule has 0 aromatic heterocycles. The SMILES string of the molecule is C#CCC(C)NC(=O)N1CC(CC(=O)O)c2ccccc21. The molecule has 1 heterocycles. The van der Waals surface area contributed by atoms with Gasteiger partial charge in [-0.1, -0.05) is 18.2 Å². The molecule has 0 fully saturated rings. The molecule has 2 rings (SSSR count). The van der Waals surface area contributed by atoms with Gasteiger partial charge >= 0.3 is 12.0 Å². The molecule has 0 saturated heterocycles. The fraction of sp³-hybridized carbons (Fsp3) is 0.375. The highest BCUT2D eigenvalue weighted by atomic mass is 16.4. The van der Waals surface area contributed by atoms with E-state index in [1.54, 1.807) is 4.90 Å². The third kappa shape index (κ3) is 3.34. The lowest BCUT2D eigenvalue weighted by molar-refractivity contribution is -0.137. The van der Waals surface area contributed by atoms with Gasteiger partial charge in [-0.25, -0.2) is 4.79 Å². The molecule has 2 atom stereocenters. The van der Waals surface area contributed by atoms with Gasteiger partial charge in [0.15, 0.2) is 0 Å². The second-order valence-corrected chi connectivity index (χ2v) is 5.22. The number of nitrogens with one attached hydrogen (secondary N) is 1. The smallest absolute Gasteiger partial charge is 0.322 e. The van der Waals surface area contributed by atoms with Crippen molar-refractivity contribution < 1.29 is 14.7 Å². The number of carboxylic acid groups (broad SMARTS) is 1. The number of amides is 2. The molecule has 21 heavy (non-hydrogen) atoms. The number of terminal acetylenes is 1. The number of anilines is 1. The van der Waals surface area contributed by atoms with E-state index >= 15 is 0 Å². The molecule has 1 aliphatic rings. The zero-order valence-corrected chi connectivity index (χ0v) is 11.9. The molecule has 2 N–H and O–H groups in total. The molecular formula is C16H18N2O3. The Kier molecular flexibility index (Phi) is 4.49. The zero-order valence-electron chi connectivity index (χ0n) is 11.9. The van der Waals surface area contributed by atoms with Crippen LogP contribution in [0.4, 0.5) is 10.5 Å². The van der Waals surface area contributed by atoms with Crippen LogP contribution < -0.4 is 10.2 Å². The number of benzene rings is 1. The minimum atomic E-state index is -0.863. The standard InChI is InChI=1S/C16H18N2O3/c1-3-6-11(2)17-16(21)18-10-12(9-15(19)20)13-7-4-5-8-14(13)18/h1,4-5,7-8,11-12H,6,9-10H2,2H3,(H,17,21)(H,19,20). The summed E-state index contributed by atoms with van der Waals surface area (Å²) >= 11 is 0. The van der Waals surface area contributed by atoms with E-state index in [9.17, 15) is 9.59 Å². The molecule has 1 aliphatic heterocycles. The van der Waals surface area contributed by atoms with Gasteiger partial charge in [-0.05, 0) is 18.6 Å². The van der Waals surface area contributed by atoms with Crippen molar-refractivity contribution in [3.05, 3.63) is 29.8 Å². The van der Waals surface area contributed by atoms with Crippen molar-refractivity contribution in [1.29, 1.82) is 0 Å². The molecule has 1 aromatic carbocycles. The molecule has 0 spiro atoms. The highest BCUT2D eigenvalue weighted by molar-refractivity contribution is 5.95. The first-order valence-electron chi connectivity index (χ1n) is 6.85. The number of fused-ring (bicyclic) bond motifs is 1. The van der Waals surface area contributed by atoms with Crippen LogP contribution in [-0.2, 0) is 4.79 Å². The number of carbonyl (C=O) groups is 2. The molecule has 1 aromatic rings. The van der Waals surface area contributed by atoms with Crippen LogP contribution in [0.2, 0.25) is 0 Å². The molecule has 0 saturated carbocycles. The van der Waals surface area contributed by atoms with Gasteiger partial charge in [0.1, 0.15) is 0 Å². The second kappa shape index (κ2) is 6.31. The number of hydrogen-bond donors (Lipinski definition) is 2. The van der Waals surface area contributed by atoms with Crippen LogP contribution in [0.1, 0.15) is 31.2 Å². The molecule has 110 valence electrons. The number of aliphatic carboxylic acids is 1. The summed E-state index contributed by atoms with van der Waals surface area (Å²) in [5, 5.41) is 11.8. The molecule has 0 radical (unpaired) electrons. The number of hydrogen-bond acceptors (Lipinski definition) is 2. The Bertz CT molecular complexity index is 591.